The molecule has 0 aromatic carbocycles. The molecular formula is C14H19N3O3S2. The molecule has 6 nitrogen and oxygen atoms in total. The van der Waals surface area contributed by atoms with Crippen LogP contribution in [-0.4, -0.2) is 36.4 Å². The molecule has 0 fully saturated rings. The average molecular weight is 341 g/mol. The van der Waals surface area contributed by atoms with Crippen molar-refractivity contribution in [1.29, 1.82) is 0 Å². The number of hydrogen-bond acceptors (Lipinski definition) is 5. The van der Waals surface area contributed by atoms with Gasteiger partial charge in [-0.05, 0) is 19.3 Å². The Morgan fingerprint density at radius 2 is 2.27 bits per heavy atom. The van der Waals surface area contributed by atoms with Crippen LogP contribution in [0.15, 0.2) is 12.2 Å². The number of rotatable bonds is 3. The van der Waals surface area contributed by atoms with Gasteiger partial charge in [-0.15, -0.1) is 11.3 Å². The molecule has 1 atom stereocenters. The zero-order chi connectivity index (χ0) is 15.7. The summed E-state index contributed by atoms with van der Waals surface area (Å²) < 4.78 is 24.7. The Hall–Kier alpha value is -1.25. The SMILES string of the molecule is CS(=O)(=O)N1CCc2nc(NC(=O)C3CC=CCC3)sc2C1. The predicted octanol–water partition coefficient (Wildman–Crippen LogP) is 1.76. The molecule has 1 aromatic heterocycles. The molecule has 8 heteroatoms. The summed E-state index contributed by atoms with van der Waals surface area (Å²) >= 11 is 1.38. The lowest BCUT2D eigenvalue weighted by Crippen LogP contribution is -2.34. The molecule has 1 amide bonds. The first kappa shape index (κ1) is 15.6. The van der Waals surface area contributed by atoms with E-state index in [1.54, 1.807) is 0 Å². The lowest BCUT2D eigenvalue weighted by Gasteiger charge is -2.23. The van der Waals surface area contributed by atoms with Gasteiger partial charge in [0.05, 0.1) is 11.9 Å². The predicted molar refractivity (Wildman–Crippen MR) is 86.2 cm³/mol. The highest BCUT2D eigenvalue weighted by atomic mass is 32.2. The van der Waals surface area contributed by atoms with Gasteiger partial charge in [0.15, 0.2) is 5.13 Å². The summed E-state index contributed by atoms with van der Waals surface area (Å²) in [6.07, 6.45) is 8.55. The molecule has 1 aromatic rings. The highest BCUT2D eigenvalue weighted by Crippen LogP contribution is 2.30. The first-order valence-electron chi connectivity index (χ1n) is 7.33. The molecule has 1 aliphatic heterocycles. The third kappa shape index (κ3) is 3.39. The van der Waals surface area contributed by atoms with Gasteiger partial charge >= 0.3 is 0 Å². The van der Waals surface area contributed by atoms with Gasteiger partial charge in [-0.3, -0.25) is 4.79 Å². The number of anilines is 1. The van der Waals surface area contributed by atoms with Crippen molar-refractivity contribution in [2.24, 2.45) is 5.92 Å². The van der Waals surface area contributed by atoms with Gasteiger partial charge in [-0.1, -0.05) is 12.2 Å². The molecule has 0 radical (unpaired) electrons. The monoisotopic (exact) mass is 341 g/mol. The number of nitrogens with zero attached hydrogens (tertiary/aromatic N) is 2. The Morgan fingerprint density at radius 1 is 1.45 bits per heavy atom. The number of sulfonamides is 1. The Labute approximate surface area is 134 Å². The smallest absolute Gasteiger partial charge is 0.229 e. The highest BCUT2D eigenvalue weighted by molar-refractivity contribution is 7.88. The van der Waals surface area contributed by atoms with Crippen LogP contribution in [0.3, 0.4) is 0 Å². The van der Waals surface area contributed by atoms with Gasteiger partial charge in [0.25, 0.3) is 0 Å². The van der Waals surface area contributed by atoms with Crippen LogP contribution in [0, 0.1) is 5.92 Å². The molecule has 3 rings (SSSR count). The summed E-state index contributed by atoms with van der Waals surface area (Å²) in [5.41, 5.74) is 0.906. The molecule has 2 aliphatic rings. The Balaban J connectivity index is 1.69. The number of amides is 1. The maximum absolute atomic E-state index is 12.2. The molecule has 0 saturated heterocycles. The maximum atomic E-state index is 12.2. The van der Waals surface area contributed by atoms with E-state index in [0.29, 0.717) is 24.6 Å². The molecule has 0 spiro atoms. The molecule has 0 bridgehead atoms. The number of carbonyl (C=O) groups is 1. The zero-order valence-electron chi connectivity index (χ0n) is 12.4. The van der Waals surface area contributed by atoms with Crippen molar-refractivity contribution in [1.82, 2.24) is 9.29 Å². The topological polar surface area (TPSA) is 79.4 Å². The van der Waals surface area contributed by atoms with E-state index in [1.807, 2.05) is 6.08 Å². The summed E-state index contributed by atoms with van der Waals surface area (Å²) in [7, 11) is -3.18. The molecule has 120 valence electrons. The lowest BCUT2D eigenvalue weighted by molar-refractivity contribution is -0.120. The average Bonchev–Trinajstić information content (AvgIpc) is 2.88. The molecule has 1 aliphatic carbocycles. The summed E-state index contributed by atoms with van der Waals surface area (Å²) in [6, 6.07) is 0. The normalized spacial score (nSPS) is 22.3. The summed E-state index contributed by atoms with van der Waals surface area (Å²) in [5, 5.41) is 3.47. The van der Waals surface area contributed by atoms with Gasteiger partial charge in [0, 0.05) is 30.3 Å². The number of nitrogens with one attached hydrogen (secondary N) is 1. The number of carbonyl (C=O) groups excluding carboxylic acids is 1. The van der Waals surface area contributed by atoms with Crippen molar-refractivity contribution >= 4 is 32.4 Å². The highest BCUT2D eigenvalue weighted by Gasteiger charge is 2.27. The third-order valence-electron chi connectivity index (χ3n) is 4.04. The van der Waals surface area contributed by atoms with Crippen molar-refractivity contribution in [2.75, 3.05) is 18.1 Å². The molecule has 2 heterocycles. The van der Waals surface area contributed by atoms with Gasteiger partial charge < -0.3 is 5.32 Å². The molecule has 0 saturated carbocycles. The van der Waals surface area contributed by atoms with E-state index in [9.17, 15) is 13.2 Å². The number of aromatic nitrogens is 1. The minimum Gasteiger partial charge on any atom is -0.302 e. The second kappa shape index (κ2) is 6.10. The number of thiazole rings is 1. The van der Waals surface area contributed by atoms with Crippen LogP contribution in [0.25, 0.3) is 0 Å². The van der Waals surface area contributed by atoms with Crippen LogP contribution in [0.5, 0.6) is 0 Å². The van der Waals surface area contributed by atoms with Crippen LogP contribution < -0.4 is 5.32 Å². The minimum atomic E-state index is -3.18. The van der Waals surface area contributed by atoms with E-state index in [1.165, 1.54) is 21.9 Å². The molecule has 1 unspecified atom stereocenters. The van der Waals surface area contributed by atoms with E-state index in [-0.39, 0.29) is 11.8 Å². The Kier molecular flexibility index (Phi) is 4.33. The fourth-order valence-corrected chi connectivity index (χ4v) is 4.64. The van der Waals surface area contributed by atoms with E-state index in [0.717, 1.165) is 29.8 Å². The standard InChI is InChI=1S/C14H19N3O3S2/c1-22(19,20)17-8-7-11-12(9-17)21-14(15-11)16-13(18)10-5-3-2-4-6-10/h2-3,10H,4-9H2,1H3,(H,15,16,18). The lowest BCUT2D eigenvalue weighted by atomic mass is 9.94. The summed E-state index contributed by atoms with van der Waals surface area (Å²) in [6.45, 7) is 0.810. The Bertz CT molecular complexity index is 709. The first-order valence-corrected chi connectivity index (χ1v) is 9.99. The largest absolute Gasteiger partial charge is 0.302 e. The second-order valence-electron chi connectivity index (χ2n) is 5.71. The fraction of sp³-hybridized carbons (Fsp3) is 0.571. The van der Waals surface area contributed by atoms with Crippen molar-refractivity contribution in [2.45, 2.75) is 32.2 Å². The van der Waals surface area contributed by atoms with Gasteiger partial charge in [0.1, 0.15) is 0 Å². The van der Waals surface area contributed by atoms with Gasteiger partial charge in [-0.25, -0.2) is 13.4 Å². The van der Waals surface area contributed by atoms with Crippen molar-refractivity contribution in [3.8, 4) is 0 Å². The van der Waals surface area contributed by atoms with E-state index < -0.39 is 10.0 Å². The number of allylic oxidation sites excluding steroid dienone is 2. The van der Waals surface area contributed by atoms with Crippen LogP contribution in [0.2, 0.25) is 0 Å². The van der Waals surface area contributed by atoms with Gasteiger partial charge in [0.2, 0.25) is 15.9 Å². The number of hydrogen-bond donors (Lipinski definition) is 1. The molecule has 1 N–H and O–H groups in total. The van der Waals surface area contributed by atoms with E-state index in [4.69, 9.17) is 0 Å². The summed E-state index contributed by atoms with van der Waals surface area (Å²) in [4.78, 5) is 17.6. The van der Waals surface area contributed by atoms with Crippen molar-refractivity contribution in [3.63, 3.8) is 0 Å². The van der Waals surface area contributed by atoms with Crippen molar-refractivity contribution in [3.05, 3.63) is 22.7 Å². The Morgan fingerprint density at radius 3 is 2.95 bits per heavy atom. The van der Waals surface area contributed by atoms with Crippen LogP contribution in [-0.2, 0) is 27.8 Å². The molecule has 22 heavy (non-hydrogen) atoms. The fourth-order valence-electron chi connectivity index (χ4n) is 2.75. The minimum absolute atomic E-state index is 0.00964. The molecular weight excluding hydrogens is 322 g/mol. The third-order valence-corrected chi connectivity index (χ3v) is 6.28. The van der Waals surface area contributed by atoms with Crippen molar-refractivity contribution < 1.29 is 13.2 Å². The van der Waals surface area contributed by atoms with Crippen LogP contribution >= 0.6 is 11.3 Å². The van der Waals surface area contributed by atoms with Gasteiger partial charge in [-0.2, -0.15) is 4.31 Å². The zero-order valence-corrected chi connectivity index (χ0v) is 14.0. The summed E-state index contributed by atoms with van der Waals surface area (Å²) in [5.74, 6) is 0.0221. The first-order chi connectivity index (χ1) is 10.4. The van der Waals surface area contributed by atoms with Crippen LogP contribution in [0.1, 0.15) is 29.8 Å². The van der Waals surface area contributed by atoms with E-state index >= 15 is 0 Å². The van der Waals surface area contributed by atoms with E-state index in [2.05, 4.69) is 16.4 Å². The van der Waals surface area contributed by atoms with Crippen LogP contribution in [0.4, 0.5) is 5.13 Å². The maximum Gasteiger partial charge on any atom is 0.229 e. The number of fused-ring (bicyclic) bond motifs is 1. The second-order valence-corrected chi connectivity index (χ2v) is 8.77. The quantitative estimate of drug-likeness (QED) is 0.850.